The van der Waals surface area contributed by atoms with E-state index in [0.717, 1.165) is 27.7 Å². The van der Waals surface area contributed by atoms with E-state index in [0.29, 0.717) is 5.46 Å². The molecular weight excluding hydrogens is 710 g/mol. The maximum absolute atomic E-state index is 9.29. The van der Waals surface area contributed by atoms with Crippen LogP contribution in [0.5, 0.6) is 0 Å². The predicted molar refractivity (Wildman–Crippen MR) is 248 cm³/mol. The highest BCUT2D eigenvalue weighted by atomic mass is 16.7. The van der Waals surface area contributed by atoms with Crippen LogP contribution in [0.3, 0.4) is 0 Å². The summed E-state index contributed by atoms with van der Waals surface area (Å²) in [5.41, 5.74) is 16.7. The summed E-state index contributed by atoms with van der Waals surface area (Å²) in [4.78, 5) is 0. The van der Waals surface area contributed by atoms with Crippen molar-refractivity contribution in [3.63, 3.8) is 0 Å². The number of fused-ring (bicyclic) bond motifs is 2. The molecule has 58 heavy (non-hydrogen) atoms. The van der Waals surface area contributed by atoms with Crippen molar-refractivity contribution in [2.75, 3.05) is 0 Å². The Hall–Kier alpha value is -3.67. The predicted octanol–water partition coefficient (Wildman–Crippen LogP) is 10.8. The standard InChI is InChI=1S/C29H39BO2.C23H29BO2/c1-19-17-24-25(27(5,6)16-15-26(24,3)4)18-23(19)20(2)21-11-13-22(14-12-21)30-31-28(7,8)29(9,10)32-30;1-15-13-20-21(23(5,6)12-11-22(20,3)4)14-19(15)16(2)17-7-9-18(10-8-17)24(25)26/h11-14,17-18H,2,15-16H2,1,3-10H3;7-10,13-14,25-26H,2,11-12H2,1,3-6H3. The van der Waals surface area contributed by atoms with Gasteiger partial charge in [-0.25, -0.2) is 0 Å². The van der Waals surface area contributed by atoms with Crippen LogP contribution in [0, 0.1) is 13.8 Å². The molecule has 1 aliphatic heterocycles. The monoisotopic (exact) mass is 779 g/mol. The second-order valence-electron chi connectivity index (χ2n) is 21.1. The van der Waals surface area contributed by atoms with E-state index in [2.05, 4.69) is 159 Å². The number of hydrogen-bond donors (Lipinski definition) is 2. The number of benzene rings is 4. The van der Waals surface area contributed by atoms with E-state index in [-0.39, 0.29) is 40.0 Å². The lowest BCUT2D eigenvalue weighted by Gasteiger charge is -2.42. The van der Waals surface area contributed by atoms with Crippen LogP contribution in [-0.4, -0.2) is 35.5 Å². The summed E-state index contributed by atoms with van der Waals surface area (Å²) in [6.45, 7) is 40.4. The van der Waals surface area contributed by atoms with E-state index in [9.17, 15) is 10.0 Å². The van der Waals surface area contributed by atoms with Crippen molar-refractivity contribution in [3.8, 4) is 0 Å². The van der Waals surface area contributed by atoms with Crippen LogP contribution in [0.1, 0.15) is 164 Å². The summed E-state index contributed by atoms with van der Waals surface area (Å²) in [5, 5.41) is 18.6. The first-order chi connectivity index (χ1) is 26.7. The Balaban J connectivity index is 0.000000200. The van der Waals surface area contributed by atoms with Gasteiger partial charge in [0, 0.05) is 0 Å². The molecule has 0 saturated carbocycles. The molecule has 4 aromatic carbocycles. The van der Waals surface area contributed by atoms with Gasteiger partial charge in [0.25, 0.3) is 0 Å². The second kappa shape index (κ2) is 15.1. The van der Waals surface area contributed by atoms with Crippen molar-refractivity contribution in [3.05, 3.63) is 142 Å². The van der Waals surface area contributed by atoms with Gasteiger partial charge >= 0.3 is 14.2 Å². The average molecular weight is 779 g/mol. The maximum atomic E-state index is 9.29. The molecule has 0 unspecified atom stereocenters. The Morgan fingerprint density at radius 1 is 0.517 bits per heavy atom. The lowest BCUT2D eigenvalue weighted by atomic mass is 9.62. The largest absolute Gasteiger partial charge is 0.494 e. The van der Waals surface area contributed by atoms with Crippen LogP contribution >= 0.6 is 0 Å². The molecule has 1 heterocycles. The third kappa shape index (κ3) is 8.24. The first kappa shape index (κ1) is 43.9. The van der Waals surface area contributed by atoms with Crippen molar-refractivity contribution < 1.29 is 19.4 Å². The van der Waals surface area contributed by atoms with Gasteiger partial charge in [-0.2, -0.15) is 0 Å². The molecule has 0 amide bonds. The minimum absolute atomic E-state index is 0.165. The van der Waals surface area contributed by atoms with Gasteiger partial charge in [-0.05, 0) is 167 Å². The fourth-order valence-electron chi connectivity index (χ4n) is 9.08. The molecular formula is C52H68B2O4. The van der Waals surface area contributed by atoms with Gasteiger partial charge in [0.1, 0.15) is 0 Å². The average Bonchev–Trinajstić information content (AvgIpc) is 3.37. The Morgan fingerprint density at radius 2 is 0.828 bits per heavy atom. The minimum Gasteiger partial charge on any atom is -0.423 e. The Kier molecular flexibility index (Phi) is 11.4. The molecule has 0 bridgehead atoms. The first-order valence-corrected chi connectivity index (χ1v) is 21.3. The molecule has 3 aliphatic rings. The summed E-state index contributed by atoms with van der Waals surface area (Å²) in [6, 6.07) is 25.3. The maximum Gasteiger partial charge on any atom is 0.494 e. The van der Waals surface area contributed by atoms with E-state index >= 15 is 0 Å². The Labute approximate surface area is 351 Å². The van der Waals surface area contributed by atoms with Crippen molar-refractivity contribution in [2.24, 2.45) is 0 Å². The molecule has 0 spiro atoms. The van der Waals surface area contributed by atoms with Crippen molar-refractivity contribution in [1.82, 2.24) is 0 Å². The van der Waals surface area contributed by atoms with Crippen LogP contribution < -0.4 is 10.9 Å². The molecule has 1 fully saturated rings. The van der Waals surface area contributed by atoms with Gasteiger partial charge in [0.2, 0.25) is 0 Å². The van der Waals surface area contributed by atoms with Gasteiger partial charge in [-0.15, -0.1) is 0 Å². The first-order valence-electron chi connectivity index (χ1n) is 21.3. The zero-order valence-electron chi connectivity index (χ0n) is 38.0. The highest BCUT2D eigenvalue weighted by Gasteiger charge is 2.51. The van der Waals surface area contributed by atoms with E-state index < -0.39 is 7.12 Å². The van der Waals surface area contributed by atoms with E-state index in [1.54, 1.807) is 12.1 Å². The molecule has 306 valence electrons. The van der Waals surface area contributed by atoms with Crippen molar-refractivity contribution in [1.29, 1.82) is 0 Å². The summed E-state index contributed by atoms with van der Waals surface area (Å²) in [6.07, 6.45) is 4.83. The summed E-state index contributed by atoms with van der Waals surface area (Å²) >= 11 is 0. The fraction of sp³-hybridized carbons (Fsp3) is 0.462. The van der Waals surface area contributed by atoms with Gasteiger partial charge in [-0.3, -0.25) is 0 Å². The normalized spacial score (nSPS) is 20.2. The van der Waals surface area contributed by atoms with Crippen molar-refractivity contribution >= 4 is 36.3 Å². The Morgan fingerprint density at radius 3 is 1.16 bits per heavy atom. The third-order valence-corrected chi connectivity index (χ3v) is 14.4. The number of hydrogen-bond acceptors (Lipinski definition) is 4. The van der Waals surface area contributed by atoms with Crippen LogP contribution in [0.25, 0.3) is 11.1 Å². The lowest BCUT2D eigenvalue weighted by Crippen LogP contribution is -2.41. The summed E-state index contributed by atoms with van der Waals surface area (Å²) < 4.78 is 12.4. The van der Waals surface area contributed by atoms with E-state index in [4.69, 9.17) is 9.31 Å². The van der Waals surface area contributed by atoms with Crippen LogP contribution in [-0.2, 0) is 31.0 Å². The third-order valence-electron chi connectivity index (χ3n) is 14.4. The van der Waals surface area contributed by atoms with Gasteiger partial charge in [0.05, 0.1) is 11.2 Å². The van der Waals surface area contributed by atoms with Gasteiger partial charge < -0.3 is 19.4 Å². The quantitative estimate of drug-likeness (QED) is 0.191. The second-order valence-corrected chi connectivity index (χ2v) is 21.1. The van der Waals surface area contributed by atoms with Gasteiger partial charge in [-0.1, -0.05) is 141 Å². The Bertz CT molecular complexity index is 2200. The van der Waals surface area contributed by atoms with E-state index in [1.165, 1.54) is 70.2 Å². The molecule has 4 nitrogen and oxygen atoms in total. The molecule has 6 heteroatoms. The molecule has 4 aromatic rings. The molecule has 1 saturated heterocycles. The highest BCUT2D eigenvalue weighted by molar-refractivity contribution is 6.62. The molecule has 2 N–H and O–H groups in total. The molecule has 7 rings (SSSR count). The molecule has 0 aromatic heterocycles. The van der Waals surface area contributed by atoms with Crippen LogP contribution in [0.15, 0.2) is 86.0 Å². The topological polar surface area (TPSA) is 58.9 Å². The van der Waals surface area contributed by atoms with Crippen LogP contribution in [0.2, 0.25) is 0 Å². The van der Waals surface area contributed by atoms with Crippen LogP contribution in [0.4, 0.5) is 0 Å². The fourth-order valence-corrected chi connectivity index (χ4v) is 9.08. The minimum atomic E-state index is -1.44. The smallest absolute Gasteiger partial charge is 0.423 e. The molecule has 0 radical (unpaired) electrons. The number of rotatable bonds is 6. The van der Waals surface area contributed by atoms with E-state index in [1.807, 2.05) is 12.1 Å². The molecule has 0 atom stereocenters. The highest BCUT2D eigenvalue weighted by Crippen LogP contribution is 2.49. The SMILES string of the molecule is C=C(c1ccc(B(O)O)cc1)c1cc2c(cc1C)C(C)(C)CCC2(C)C.C=C(c1ccc(B2OC(C)(C)C(C)(C)O2)cc1)c1cc2c(cc1C)C(C)(C)CCC2(C)C. The lowest BCUT2D eigenvalue weighted by molar-refractivity contribution is 0.00578. The molecule has 2 aliphatic carbocycles. The van der Waals surface area contributed by atoms with Gasteiger partial charge in [0.15, 0.2) is 0 Å². The summed E-state index contributed by atoms with van der Waals surface area (Å²) in [5.74, 6) is 0. The number of aryl methyl sites for hydroxylation is 2. The van der Waals surface area contributed by atoms with Crippen molar-refractivity contribution in [2.45, 2.75) is 155 Å². The zero-order chi connectivity index (χ0) is 43.0. The summed E-state index contributed by atoms with van der Waals surface area (Å²) in [7, 11) is -1.78. The zero-order valence-corrected chi connectivity index (χ0v) is 38.0.